The summed E-state index contributed by atoms with van der Waals surface area (Å²) in [6.45, 7) is 1.78. The molecule has 1 aliphatic heterocycles. The molecule has 0 fully saturated rings. The molecule has 0 unspecified atom stereocenters. The Bertz CT molecular complexity index is 515. The monoisotopic (exact) mass is 248 g/mol. The van der Waals surface area contributed by atoms with E-state index in [4.69, 9.17) is 4.74 Å². The second-order valence-corrected chi connectivity index (χ2v) is 5.42. The molecule has 0 spiro atoms. The summed E-state index contributed by atoms with van der Waals surface area (Å²) in [6.07, 6.45) is 5.71. The van der Waals surface area contributed by atoms with Gasteiger partial charge in [0.1, 0.15) is 0 Å². The standard InChI is InChI=1S/C13H16N2OS/c1-16-8-11-6-10(9-17-11)12-7-14-15-5-3-2-4-13(12)15/h6-7,9H,2-5,8H2,1H3. The van der Waals surface area contributed by atoms with Gasteiger partial charge in [0.2, 0.25) is 0 Å². The lowest BCUT2D eigenvalue weighted by molar-refractivity contribution is 0.187. The quantitative estimate of drug-likeness (QED) is 0.834. The summed E-state index contributed by atoms with van der Waals surface area (Å²) in [6, 6.07) is 2.22. The first-order chi connectivity index (χ1) is 8.38. The fraction of sp³-hybridized carbons (Fsp3) is 0.462. The van der Waals surface area contributed by atoms with E-state index in [1.54, 1.807) is 18.4 Å². The maximum Gasteiger partial charge on any atom is 0.0805 e. The zero-order valence-electron chi connectivity index (χ0n) is 9.98. The molecule has 0 amide bonds. The van der Waals surface area contributed by atoms with Crippen LogP contribution in [0.1, 0.15) is 23.4 Å². The molecule has 17 heavy (non-hydrogen) atoms. The van der Waals surface area contributed by atoms with E-state index in [-0.39, 0.29) is 0 Å². The Morgan fingerprint density at radius 3 is 3.29 bits per heavy atom. The Morgan fingerprint density at radius 1 is 1.47 bits per heavy atom. The number of aromatic nitrogens is 2. The van der Waals surface area contributed by atoms with Crippen LogP contribution >= 0.6 is 11.3 Å². The van der Waals surface area contributed by atoms with E-state index in [9.17, 15) is 0 Å². The molecule has 2 aromatic rings. The molecule has 0 atom stereocenters. The van der Waals surface area contributed by atoms with Crippen LogP contribution in [0.15, 0.2) is 17.6 Å². The van der Waals surface area contributed by atoms with Crippen molar-refractivity contribution in [1.29, 1.82) is 0 Å². The first-order valence-corrected chi connectivity index (χ1v) is 6.88. The largest absolute Gasteiger partial charge is 0.379 e. The first-order valence-electron chi connectivity index (χ1n) is 6.00. The highest BCUT2D eigenvalue weighted by Crippen LogP contribution is 2.31. The van der Waals surface area contributed by atoms with Crippen LogP contribution in [0.2, 0.25) is 0 Å². The van der Waals surface area contributed by atoms with Crippen molar-refractivity contribution in [1.82, 2.24) is 9.78 Å². The number of hydrogen-bond donors (Lipinski definition) is 0. The Labute approximate surface area is 105 Å². The van der Waals surface area contributed by atoms with Crippen LogP contribution in [0.5, 0.6) is 0 Å². The number of thiophene rings is 1. The molecule has 0 radical (unpaired) electrons. The van der Waals surface area contributed by atoms with Crippen molar-refractivity contribution in [3.63, 3.8) is 0 Å². The highest BCUT2D eigenvalue weighted by molar-refractivity contribution is 7.10. The SMILES string of the molecule is COCc1cc(-c2cnn3c2CCCC3)cs1. The second-order valence-electron chi connectivity index (χ2n) is 4.42. The van der Waals surface area contributed by atoms with Crippen LogP contribution in [0.25, 0.3) is 11.1 Å². The summed E-state index contributed by atoms with van der Waals surface area (Å²) in [4.78, 5) is 1.28. The molecule has 3 rings (SSSR count). The smallest absolute Gasteiger partial charge is 0.0805 e. The van der Waals surface area contributed by atoms with E-state index < -0.39 is 0 Å². The van der Waals surface area contributed by atoms with Crippen LogP contribution < -0.4 is 0 Å². The Hall–Kier alpha value is -1.13. The van der Waals surface area contributed by atoms with E-state index in [1.165, 1.54) is 34.5 Å². The van der Waals surface area contributed by atoms with Crippen molar-refractivity contribution in [2.24, 2.45) is 0 Å². The normalized spacial score (nSPS) is 14.9. The highest BCUT2D eigenvalue weighted by atomic mass is 32.1. The van der Waals surface area contributed by atoms with E-state index in [0.29, 0.717) is 6.61 Å². The number of fused-ring (bicyclic) bond motifs is 1. The molecule has 0 aliphatic carbocycles. The van der Waals surface area contributed by atoms with Crippen molar-refractivity contribution in [3.05, 3.63) is 28.2 Å². The highest BCUT2D eigenvalue weighted by Gasteiger charge is 2.16. The van der Waals surface area contributed by atoms with Crippen molar-refractivity contribution >= 4 is 11.3 Å². The number of rotatable bonds is 3. The lowest BCUT2D eigenvalue weighted by Gasteiger charge is -2.14. The molecular formula is C13H16N2OS. The minimum atomic E-state index is 0.703. The Balaban J connectivity index is 1.94. The van der Waals surface area contributed by atoms with Gasteiger partial charge in [-0.25, -0.2) is 0 Å². The maximum absolute atomic E-state index is 5.16. The molecule has 0 aromatic carbocycles. The van der Waals surface area contributed by atoms with Gasteiger partial charge in [0.15, 0.2) is 0 Å². The van der Waals surface area contributed by atoms with Gasteiger partial charge in [0, 0.05) is 29.8 Å². The molecule has 3 nitrogen and oxygen atoms in total. The average Bonchev–Trinajstić information content (AvgIpc) is 2.95. The van der Waals surface area contributed by atoms with Gasteiger partial charge in [-0.2, -0.15) is 5.10 Å². The molecule has 0 N–H and O–H groups in total. The van der Waals surface area contributed by atoms with E-state index >= 15 is 0 Å². The summed E-state index contributed by atoms with van der Waals surface area (Å²) in [5, 5.41) is 6.69. The first kappa shape index (κ1) is 11.0. The summed E-state index contributed by atoms with van der Waals surface area (Å²) in [5.41, 5.74) is 4.01. The molecule has 0 bridgehead atoms. The molecular weight excluding hydrogens is 232 g/mol. The number of ether oxygens (including phenoxy) is 1. The van der Waals surface area contributed by atoms with Crippen molar-refractivity contribution in [2.75, 3.05) is 7.11 Å². The number of aryl methyl sites for hydroxylation is 1. The molecule has 90 valence electrons. The minimum absolute atomic E-state index is 0.703. The average molecular weight is 248 g/mol. The summed E-state index contributed by atoms with van der Waals surface area (Å²) < 4.78 is 7.32. The topological polar surface area (TPSA) is 27.1 Å². The van der Waals surface area contributed by atoms with Crippen LogP contribution in [0.4, 0.5) is 0 Å². The van der Waals surface area contributed by atoms with Crippen LogP contribution in [-0.2, 0) is 24.3 Å². The Kier molecular flexibility index (Phi) is 2.99. The Morgan fingerprint density at radius 2 is 2.41 bits per heavy atom. The summed E-state index contributed by atoms with van der Waals surface area (Å²) in [5.74, 6) is 0. The van der Waals surface area contributed by atoms with Gasteiger partial charge >= 0.3 is 0 Å². The zero-order chi connectivity index (χ0) is 11.7. The maximum atomic E-state index is 5.16. The number of hydrogen-bond acceptors (Lipinski definition) is 3. The molecule has 3 heterocycles. The van der Waals surface area contributed by atoms with Gasteiger partial charge < -0.3 is 4.74 Å². The van der Waals surface area contributed by atoms with Crippen LogP contribution in [0.3, 0.4) is 0 Å². The number of nitrogens with zero attached hydrogens (tertiary/aromatic N) is 2. The van der Waals surface area contributed by atoms with Crippen molar-refractivity contribution < 1.29 is 4.74 Å². The molecule has 0 saturated heterocycles. The van der Waals surface area contributed by atoms with Crippen LogP contribution in [0, 0.1) is 0 Å². The predicted octanol–water partition coefficient (Wildman–Crippen LogP) is 3.09. The molecule has 4 heteroatoms. The fourth-order valence-corrected chi connectivity index (χ4v) is 3.26. The second kappa shape index (κ2) is 4.63. The van der Waals surface area contributed by atoms with Gasteiger partial charge in [0.25, 0.3) is 0 Å². The fourth-order valence-electron chi connectivity index (χ4n) is 2.40. The predicted molar refractivity (Wildman–Crippen MR) is 69.2 cm³/mol. The van der Waals surface area contributed by atoms with Crippen molar-refractivity contribution in [3.8, 4) is 11.1 Å². The van der Waals surface area contributed by atoms with Gasteiger partial charge in [0.05, 0.1) is 12.8 Å². The summed E-state index contributed by atoms with van der Waals surface area (Å²) >= 11 is 1.76. The van der Waals surface area contributed by atoms with Gasteiger partial charge in [-0.05, 0) is 36.3 Å². The van der Waals surface area contributed by atoms with Gasteiger partial charge in [-0.1, -0.05) is 0 Å². The van der Waals surface area contributed by atoms with Gasteiger partial charge in [-0.3, -0.25) is 4.68 Å². The van der Waals surface area contributed by atoms with Crippen molar-refractivity contribution in [2.45, 2.75) is 32.4 Å². The zero-order valence-corrected chi connectivity index (χ0v) is 10.8. The van der Waals surface area contributed by atoms with E-state index in [1.807, 2.05) is 6.20 Å². The van der Waals surface area contributed by atoms with Crippen LogP contribution in [-0.4, -0.2) is 16.9 Å². The minimum Gasteiger partial charge on any atom is -0.379 e. The molecule has 1 aliphatic rings. The van der Waals surface area contributed by atoms with Gasteiger partial charge in [-0.15, -0.1) is 11.3 Å². The third-order valence-corrected chi connectivity index (χ3v) is 4.14. The molecule has 2 aromatic heterocycles. The third kappa shape index (κ3) is 2.03. The number of methoxy groups -OCH3 is 1. The van der Waals surface area contributed by atoms with E-state index in [0.717, 1.165) is 13.0 Å². The van der Waals surface area contributed by atoms with E-state index in [2.05, 4.69) is 21.2 Å². The molecule has 0 saturated carbocycles. The third-order valence-electron chi connectivity index (χ3n) is 3.23. The lowest BCUT2D eigenvalue weighted by Crippen LogP contribution is -2.11. The summed E-state index contributed by atoms with van der Waals surface area (Å²) in [7, 11) is 1.74. The lowest BCUT2D eigenvalue weighted by atomic mass is 10.0.